The molecule has 0 fully saturated rings. The predicted octanol–water partition coefficient (Wildman–Crippen LogP) is 0.396. The third-order valence-electron chi connectivity index (χ3n) is 2.39. The van der Waals surface area contributed by atoms with Crippen LogP contribution in [0.2, 0.25) is 0 Å². The van der Waals surface area contributed by atoms with Crippen molar-refractivity contribution in [2.75, 3.05) is 6.54 Å². The first-order valence-corrected chi connectivity index (χ1v) is 8.09. The number of carboxylic acid groups (broad SMARTS) is 1. The Morgan fingerprint density at radius 2 is 2.05 bits per heavy atom. The average molecular weight is 320 g/mol. The fourth-order valence-electron chi connectivity index (χ4n) is 1.25. The fourth-order valence-corrected chi connectivity index (χ4v) is 3.32. The highest BCUT2D eigenvalue weighted by atomic mass is 32.2. The van der Waals surface area contributed by atoms with Crippen LogP contribution in [0.3, 0.4) is 0 Å². The Kier molecular flexibility index (Phi) is 5.26. The van der Waals surface area contributed by atoms with Gasteiger partial charge in [0.15, 0.2) is 0 Å². The minimum atomic E-state index is -3.60. The maximum Gasteiger partial charge on any atom is 0.328 e. The number of rotatable bonds is 7. The van der Waals surface area contributed by atoms with Crippen LogP contribution < -0.4 is 10.0 Å². The summed E-state index contributed by atoms with van der Waals surface area (Å²) in [5.41, 5.74) is -1.39. The highest BCUT2D eigenvalue weighted by Crippen LogP contribution is 2.15. The van der Waals surface area contributed by atoms with Gasteiger partial charge in [-0.25, -0.2) is 17.9 Å². The van der Waals surface area contributed by atoms with Crippen LogP contribution in [0.5, 0.6) is 0 Å². The largest absolute Gasteiger partial charge is 0.480 e. The lowest BCUT2D eigenvalue weighted by Crippen LogP contribution is -2.50. The van der Waals surface area contributed by atoms with E-state index in [4.69, 9.17) is 5.11 Å². The highest BCUT2D eigenvalue weighted by Gasteiger charge is 2.28. The number of carbonyl (C=O) groups excluding carboxylic acids is 1. The number of carbonyl (C=O) groups is 2. The molecular formula is C11H16N2O5S2. The standard InChI is InChI=1S/C11H16N2O5S2/c1-11(2,10(15)16)13-8(14)5-6-12-20(17,18)9-4-3-7-19-9/h3-4,7,12H,5-6H2,1-2H3,(H,13,14)(H,15,16). The molecule has 112 valence electrons. The predicted molar refractivity (Wildman–Crippen MR) is 74.0 cm³/mol. The van der Waals surface area contributed by atoms with Crippen molar-refractivity contribution >= 4 is 33.2 Å². The normalized spacial score (nSPS) is 12.1. The summed E-state index contributed by atoms with van der Waals surface area (Å²) in [6.07, 6.45) is -0.138. The maximum atomic E-state index is 11.7. The summed E-state index contributed by atoms with van der Waals surface area (Å²) in [6.45, 7) is 2.61. The summed E-state index contributed by atoms with van der Waals surface area (Å²) in [5.74, 6) is -1.70. The Morgan fingerprint density at radius 1 is 1.40 bits per heavy atom. The number of hydrogen-bond donors (Lipinski definition) is 3. The fraction of sp³-hybridized carbons (Fsp3) is 0.455. The zero-order valence-electron chi connectivity index (χ0n) is 11.0. The number of amides is 1. The maximum absolute atomic E-state index is 11.7. The third kappa shape index (κ3) is 4.58. The molecule has 0 spiro atoms. The third-order valence-corrected chi connectivity index (χ3v) is 5.25. The van der Waals surface area contributed by atoms with Gasteiger partial charge in [0, 0.05) is 13.0 Å². The molecule has 0 aliphatic heterocycles. The van der Waals surface area contributed by atoms with Crippen LogP contribution in [0.4, 0.5) is 0 Å². The van der Waals surface area contributed by atoms with E-state index < -0.39 is 27.4 Å². The van der Waals surface area contributed by atoms with Gasteiger partial charge < -0.3 is 10.4 Å². The van der Waals surface area contributed by atoms with Crippen LogP contribution in [0.25, 0.3) is 0 Å². The van der Waals surface area contributed by atoms with Gasteiger partial charge >= 0.3 is 5.97 Å². The molecule has 7 nitrogen and oxygen atoms in total. The average Bonchev–Trinajstić information content (AvgIpc) is 2.81. The monoisotopic (exact) mass is 320 g/mol. The Labute approximate surface area is 121 Å². The van der Waals surface area contributed by atoms with Crippen LogP contribution in [-0.4, -0.2) is 37.5 Å². The van der Waals surface area contributed by atoms with Crippen molar-refractivity contribution in [3.8, 4) is 0 Å². The molecule has 0 aliphatic carbocycles. The molecule has 9 heteroatoms. The number of thiophene rings is 1. The van der Waals surface area contributed by atoms with Crippen LogP contribution >= 0.6 is 11.3 Å². The summed E-state index contributed by atoms with van der Waals surface area (Å²) in [6, 6.07) is 3.07. The zero-order chi connectivity index (χ0) is 15.4. The second kappa shape index (κ2) is 6.33. The molecule has 0 aromatic carbocycles. The lowest BCUT2D eigenvalue weighted by atomic mass is 10.1. The van der Waals surface area contributed by atoms with Crippen molar-refractivity contribution in [2.24, 2.45) is 0 Å². The Balaban J connectivity index is 2.46. The quantitative estimate of drug-likeness (QED) is 0.673. The zero-order valence-corrected chi connectivity index (χ0v) is 12.7. The Bertz CT molecular complexity index is 578. The summed E-state index contributed by atoms with van der Waals surface area (Å²) in [7, 11) is -3.60. The molecule has 20 heavy (non-hydrogen) atoms. The second-order valence-electron chi connectivity index (χ2n) is 4.56. The van der Waals surface area contributed by atoms with E-state index in [2.05, 4.69) is 10.0 Å². The topological polar surface area (TPSA) is 113 Å². The van der Waals surface area contributed by atoms with Gasteiger partial charge in [-0.15, -0.1) is 11.3 Å². The van der Waals surface area contributed by atoms with Crippen molar-refractivity contribution in [3.05, 3.63) is 17.5 Å². The molecular weight excluding hydrogens is 304 g/mol. The summed E-state index contributed by atoms with van der Waals surface area (Å²) in [5, 5.41) is 12.8. The lowest BCUT2D eigenvalue weighted by Gasteiger charge is -2.20. The number of nitrogens with one attached hydrogen (secondary N) is 2. The molecule has 1 amide bonds. The van der Waals surface area contributed by atoms with Gasteiger partial charge in [0.05, 0.1) is 0 Å². The van der Waals surface area contributed by atoms with Crippen LogP contribution in [0, 0.1) is 0 Å². The first kappa shape index (κ1) is 16.6. The van der Waals surface area contributed by atoms with Gasteiger partial charge in [-0.2, -0.15) is 0 Å². The molecule has 1 rings (SSSR count). The van der Waals surface area contributed by atoms with E-state index in [0.29, 0.717) is 0 Å². The van der Waals surface area contributed by atoms with Crippen LogP contribution in [-0.2, 0) is 19.6 Å². The van der Waals surface area contributed by atoms with Gasteiger partial charge in [-0.3, -0.25) is 4.79 Å². The van der Waals surface area contributed by atoms with Crippen LogP contribution in [0.15, 0.2) is 21.7 Å². The summed E-state index contributed by atoms with van der Waals surface area (Å²) < 4.78 is 25.9. The van der Waals surface area contributed by atoms with Gasteiger partial charge in [0.2, 0.25) is 15.9 Å². The first-order valence-electron chi connectivity index (χ1n) is 5.73. The molecule has 0 saturated heterocycles. The van der Waals surface area contributed by atoms with Crippen molar-refractivity contribution in [1.29, 1.82) is 0 Å². The number of carboxylic acids is 1. The minimum absolute atomic E-state index is 0.0955. The van der Waals surface area contributed by atoms with Crippen LogP contribution in [0.1, 0.15) is 20.3 Å². The van der Waals surface area contributed by atoms with Crippen molar-refractivity contribution < 1.29 is 23.1 Å². The van der Waals surface area contributed by atoms with Crippen molar-refractivity contribution in [1.82, 2.24) is 10.0 Å². The number of hydrogen-bond acceptors (Lipinski definition) is 5. The van der Waals surface area contributed by atoms with E-state index in [1.165, 1.54) is 19.9 Å². The first-order chi connectivity index (χ1) is 9.15. The molecule has 0 saturated carbocycles. The van der Waals surface area contributed by atoms with E-state index in [1.54, 1.807) is 11.4 Å². The van der Waals surface area contributed by atoms with Gasteiger partial charge in [0.1, 0.15) is 9.75 Å². The van der Waals surface area contributed by atoms with E-state index in [1.807, 2.05) is 0 Å². The van der Waals surface area contributed by atoms with E-state index in [9.17, 15) is 18.0 Å². The van der Waals surface area contributed by atoms with Crippen molar-refractivity contribution in [3.63, 3.8) is 0 Å². The van der Waals surface area contributed by atoms with Gasteiger partial charge in [0.25, 0.3) is 0 Å². The molecule has 3 N–H and O–H groups in total. The molecule has 0 atom stereocenters. The number of aliphatic carboxylic acids is 1. The molecule has 0 aliphatic rings. The Morgan fingerprint density at radius 3 is 2.55 bits per heavy atom. The smallest absolute Gasteiger partial charge is 0.328 e. The lowest BCUT2D eigenvalue weighted by molar-refractivity contribution is -0.146. The molecule has 1 heterocycles. The van der Waals surface area contributed by atoms with E-state index >= 15 is 0 Å². The highest BCUT2D eigenvalue weighted by molar-refractivity contribution is 7.91. The SMILES string of the molecule is CC(C)(NC(=O)CCNS(=O)(=O)c1cccs1)C(=O)O. The van der Waals surface area contributed by atoms with E-state index in [0.717, 1.165) is 11.3 Å². The molecule has 1 aromatic heterocycles. The van der Waals surface area contributed by atoms with Gasteiger partial charge in [-0.05, 0) is 25.3 Å². The molecule has 0 unspecified atom stereocenters. The summed E-state index contributed by atoms with van der Waals surface area (Å²) in [4.78, 5) is 22.3. The van der Waals surface area contributed by atoms with Crippen molar-refractivity contribution in [2.45, 2.75) is 30.0 Å². The summed E-state index contributed by atoms with van der Waals surface area (Å²) >= 11 is 1.07. The van der Waals surface area contributed by atoms with E-state index in [-0.39, 0.29) is 17.2 Å². The number of sulfonamides is 1. The molecule has 0 radical (unpaired) electrons. The Hall–Kier alpha value is -1.45. The molecule has 1 aromatic rings. The van der Waals surface area contributed by atoms with Gasteiger partial charge in [-0.1, -0.05) is 6.07 Å². The second-order valence-corrected chi connectivity index (χ2v) is 7.50. The minimum Gasteiger partial charge on any atom is -0.480 e. The molecule has 0 bridgehead atoms.